The second-order valence-electron chi connectivity index (χ2n) is 7.53. The Balaban J connectivity index is 2.13. The molecule has 0 spiro atoms. The van der Waals surface area contributed by atoms with Crippen LogP contribution in [0.4, 0.5) is 0 Å². The third-order valence-electron chi connectivity index (χ3n) is 5.93. The van der Waals surface area contributed by atoms with Gasteiger partial charge in [0.2, 0.25) is 0 Å². The van der Waals surface area contributed by atoms with Gasteiger partial charge in [-0.15, -0.1) is 0 Å². The van der Waals surface area contributed by atoms with Crippen molar-refractivity contribution >= 4 is 0 Å². The molecule has 112 valence electrons. The summed E-state index contributed by atoms with van der Waals surface area (Å²) >= 11 is 0. The Bertz CT molecular complexity index is 427. The summed E-state index contributed by atoms with van der Waals surface area (Å²) in [5, 5.41) is 3.55. The highest BCUT2D eigenvalue weighted by atomic mass is 14.9. The summed E-state index contributed by atoms with van der Waals surface area (Å²) in [5.74, 6) is 0.710. The van der Waals surface area contributed by atoms with Crippen molar-refractivity contribution in [1.82, 2.24) is 5.32 Å². The summed E-state index contributed by atoms with van der Waals surface area (Å²) in [6.45, 7) is 11.9. The molecule has 0 saturated heterocycles. The number of rotatable bonds is 6. The molecule has 1 unspecified atom stereocenters. The molecule has 1 N–H and O–H groups in total. The molecule has 1 aromatic rings. The van der Waals surface area contributed by atoms with Gasteiger partial charge < -0.3 is 5.32 Å². The highest BCUT2D eigenvalue weighted by Crippen LogP contribution is 2.72. The predicted octanol–water partition coefficient (Wildman–Crippen LogP) is 4.97. The topological polar surface area (TPSA) is 12.0 Å². The molecule has 0 radical (unpaired) electrons. The molecule has 1 fully saturated rings. The third kappa shape index (κ3) is 2.53. The first-order chi connectivity index (χ1) is 9.36. The van der Waals surface area contributed by atoms with Crippen molar-refractivity contribution in [3.63, 3.8) is 0 Å². The van der Waals surface area contributed by atoms with Gasteiger partial charge in [0.25, 0.3) is 0 Å². The second kappa shape index (κ2) is 5.52. The molecule has 0 aliphatic heterocycles. The number of unbranched alkanes of at least 4 members (excludes halogenated alkanes) is 1. The van der Waals surface area contributed by atoms with Gasteiger partial charge >= 0.3 is 0 Å². The maximum Gasteiger partial charge on any atom is 0.0356 e. The van der Waals surface area contributed by atoms with E-state index < -0.39 is 0 Å². The maximum absolute atomic E-state index is 3.55. The first kappa shape index (κ1) is 15.6. The fraction of sp³-hybridized carbons (Fsp3) is 0.684. The van der Waals surface area contributed by atoms with E-state index in [1.807, 2.05) is 0 Å². The lowest BCUT2D eigenvalue weighted by Crippen LogP contribution is -2.21. The lowest BCUT2D eigenvalue weighted by Gasteiger charge is -2.19. The van der Waals surface area contributed by atoms with Gasteiger partial charge in [-0.2, -0.15) is 0 Å². The van der Waals surface area contributed by atoms with Crippen molar-refractivity contribution in [1.29, 1.82) is 0 Å². The summed E-state index contributed by atoms with van der Waals surface area (Å²) in [6, 6.07) is 9.77. The van der Waals surface area contributed by atoms with E-state index in [0.29, 0.717) is 22.8 Å². The van der Waals surface area contributed by atoms with Crippen molar-refractivity contribution in [3.8, 4) is 0 Å². The zero-order chi connectivity index (χ0) is 15.0. The smallest absolute Gasteiger partial charge is 0.0356 e. The average molecular weight is 273 g/mol. The van der Waals surface area contributed by atoms with E-state index in [1.165, 1.54) is 30.4 Å². The molecule has 1 aromatic carbocycles. The molecule has 0 aromatic heterocycles. The Labute approximate surface area is 125 Å². The van der Waals surface area contributed by atoms with Crippen molar-refractivity contribution in [2.24, 2.45) is 16.7 Å². The van der Waals surface area contributed by atoms with Crippen molar-refractivity contribution in [2.75, 3.05) is 7.05 Å². The number of hydrogen-bond donors (Lipinski definition) is 1. The Morgan fingerprint density at radius 1 is 1.05 bits per heavy atom. The van der Waals surface area contributed by atoms with Crippen molar-refractivity contribution in [3.05, 3.63) is 35.4 Å². The van der Waals surface area contributed by atoms with Gasteiger partial charge in [-0.1, -0.05) is 65.3 Å². The lowest BCUT2D eigenvalue weighted by atomic mass is 9.95. The number of nitrogens with one attached hydrogen (secondary N) is 1. The minimum Gasteiger partial charge on any atom is -0.313 e. The van der Waals surface area contributed by atoms with Crippen LogP contribution in [-0.4, -0.2) is 7.05 Å². The van der Waals surface area contributed by atoms with Gasteiger partial charge in [-0.25, -0.2) is 0 Å². The normalized spacial score (nSPS) is 21.7. The van der Waals surface area contributed by atoms with E-state index in [1.54, 1.807) is 0 Å². The van der Waals surface area contributed by atoms with E-state index in [0.717, 1.165) is 0 Å². The van der Waals surface area contributed by atoms with Crippen LogP contribution in [0.2, 0.25) is 0 Å². The first-order valence-corrected chi connectivity index (χ1v) is 8.12. The summed E-state index contributed by atoms with van der Waals surface area (Å²) in [5.41, 5.74) is 3.75. The lowest BCUT2D eigenvalue weighted by molar-refractivity contribution is 0.438. The summed E-state index contributed by atoms with van der Waals surface area (Å²) in [6.07, 6.45) is 3.77. The molecule has 0 heterocycles. The van der Waals surface area contributed by atoms with E-state index in [9.17, 15) is 0 Å². The fourth-order valence-corrected chi connectivity index (χ4v) is 3.88. The molecule has 1 aliphatic carbocycles. The van der Waals surface area contributed by atoms with Crippen LogP contribution in [0.25, 0.3) is 0 Å². The van der Waals surface area contributed by atoms with E-state index in [2.05, 4.69) is 71.2 Å². The Morgan fingerprint density at radius 3 is 2.00 bits per heavy atom. The standard InChI is InChI=1S/C19H31N/c1-7-8-9-14-10-12-15(13-11-14)16(20-6)17-18(2,3)19(17,4)5/h10-13,16-17,20H,7-9H2,1-6H3. The largest absolute Gasteiger partial charge is 0.313 e. The van der Waals surface area contributed by atoms with Gasteiger partial charge in [0.15, 0.2) is 0 Å². The molecule has 1 nitrogen and oxygen atoms in total. The highest BCUT2D eigenvalue weighted by Gasteiger charge is 2.67. The van der Waals surface area contributed by atoms with Gasteiger partial charge in [0.05, 0.1) is 0 Å². The Kier molecular flexibility index (Phi) is 4.30. The number of benzene rings is 1. The molecular formula is C19H31N. The van der Waals surface area contributed by atoms with Crippen LogP contribution in [0.1, 0.15) is 64.6 Å². The Hall–Kier alpha value is -0.820. The van der Waals surface area contributed by atoms with Crippen LogP contribution >= 0.6 is 0 Å². The summed E-state index contributed by atoms with van der Waals surface area (Å²) in [7, 11) is 2.10. The molecule has 1 aliphatic rings. The Morgan fingerprint density at radius 2 is 1.60 bits per heavy atom. The molecule has 1 saturated carbocycles. The predicted molar refractivity (Wildman–Crippen MR) is 87.9 cm³/mol. The number of hydrogen-bond acceptors (Lipinski definition) is 1. The minimum atomic E-state index is 0.418. The van der Waals surface area contributed by atoms with Crippen LogP contribution in [-0.2, 0) is 6.42 Å². The molecule has 1 heteroatoms. The summed E-state index contributed by atoms with van der Waals surface area (Å²) in [4.78, 5) is 0. The van der Waals surface area contributed by atoms with Crippen molar-refractivity contribution < 1.29 is 0 Å². The highest BCUT2D eigenvalue weighted by molar-refractivity contribution is 5.30. The van der Waals surface area contributed by atoms with Crippen molar-refractivity contribution in [2.45, 2.75) is 59.9 Å². The van der Waals surface area contributed by atoms with Crippen LogP contribution in [0.15, 0.2) is 24.3 Å². The third-order valence-corrected chi connectivity index (χ3v) is 5.93. The quantitative estimate of drug-likeness (QED) is 0.771. The molecule has 0 amide bonds. The molecule has 20 heavy (non-hydrogen) atoms. The average Bonchev–Trinajstić information content (AvgIpc) is 2.81. The molecule has 1 atom stereocenters. The molecular weight excluding hydrogens is 242 g/mol. The van der Waals surface area contributed by atoms with Crippen LogP contribution in [0, 0.1) is 16.7 Å². The monoisotopic (exact) mass is 273 g/mol. The van der Waals surface area contributed by atoms with Gasteiger partial charge in [-0.05, 0) is 47.8 Å². The van der Waals surface area contributed by atoms with E-state index >= 15 is 0 Å². The van der Waals surface area contributed by atoms with E-state index in [4.69, 9.17) is 0 Å². The first-order valence-electron chi connectivity index (χ1n) is 8.12. The van der Waals surface area contributed by atoms with E-state index in [-0.39, 0.29) is 0 Å². The van der Waals surface area contributed by atoms with Crippen LogP contribution in [0.5, 0.6) is 0 Å². The van der Waals surface area contributed by atoms with Gasteiger partial charge in [-0.3, -0.25) is 0 Å². The minimum absolute atomic E-state index is 0.418. The summed E-state index contributed by atoms with van der Waals surface area (Å²) < 4.78 is 0. The number of aryl methyl sites for hydroxylation is 1. The van der Waals surface area contributed by atoms with Gasteiger partial charge in [0, 0.05) is 6.04 Å². The maximum atomic E-state index is 3.55. The van der Waals surface area contributed by atoms with Gasteiger partial charge in [0.1, 0.15) is 0 Å². The fourth-order valence-electron chi connectivity index (χ4n) is 3.88. The van der Waals surface area contributed by atoms with Crippen LogP contribution < -0.4 is 5.32 Å². The molecule has 2 rings (SSSR count). The van der Waals surface area contributed by atoms with Crippen LogP contribution in [0.3, 0.4) is 0 Å². The zero-order valence-corrected chi connectivity index (χ0v) is 14.1. The second-order valence-corrected chi connectivity index (χ2v) is 7.53. The zero-order valence-electron chi connectivity index (χ0n) is 14.1. The SMILES string of the molecule is CCCCc1ccc(C(NC)C2C(C)(C)C2(C)C)cc1. The molecule has 0 bridgehead atoms.